The maximum absolute atomic E-state index is 14.3. The summed E-state index contributed by atoms with van der Waals surface area (Å²) in [7, 11) is 0. The predicted molar refractivity (Wildman–Crippen MR) is 103 cm³/mol. The third-order valence-corrected chi connectivity index (χ3v) is 5.38. The van der Waals surface area contributed by atoms with Crippen molar-refractivity contribution in [1.82, 2.24) is 15.2 Å². The summed E-state index contributed by atoms with van der Waals surface area (Å²) in [6, 6.07) is 10.6. The number of amidine groups is 1. The van der Waals surface area contributed by atoms with Crippen LogP contribution in [0.3, 0.4) is 0 Å². The standard InChI is InChI=1S/C21H19F3N4O2/c22-21(23,24)20(27-18(29)15-9-6-12-25-13-15)19(30)28(16-10-4-5-11-16)17(26-20)14-7-2-1-3-8-14/h1-3,6-9,12-13,16H,4-5,10-11H2,(H,27,29)/t20-/m0/s1. The Morgan fingerprint density at radius 2 is 1.80 bits per heavy atom. The molecule has 2 aliphatic rings. The summed E-state index contributed by atoms with van der Waals surface area (Å²) in [5.41, 5.74) is -3.09. The van der Waals surface area contributed by atoms with Gasteiger partial charge in [-0.1, -0.05) is 43.2 Å². The van der Waals surface area contributed by atoms with Crippen molar-refractivity contribution in [2.45, 2.75) is 43.6 Å². The van der Waals surface area contributed by atoms with Crippen molar-refractivity contribution < 1.29 is 22.8 Å². The number of nitrogens with one attached hydrogen (secondary N) is 1. The first kappa shape index (κ1) is 20.1. The van der Waals surface area contributed by atoms with Crippen molar-refractivity contribution in [2.24, 2.45) is 4.99 Å². The Balaban J connectivity index is 1.81. The monoisotopic (exact) mass is 416 g/mol. The number of nitrogens with zero attached hydrogens (tertiary/aromatic N) is 3. The normalized spacial score (nSPS) is 22.3. The van der Waals surface area contributed by atoms with Crippen LogP contribution in [0.5, 0.6) is 0 Å². The highest BCUT2D eigenvalue weighted by atomic mass is 19.4. The van der Waals surface area contributed by atoms with E-state index in [2.05, 4.69) is 9.98 Å². The van der Waals surface area contributed by atoms with Gasteiger partial charge >= 0.3 is 11.8 Å². The number of amides is 2. The first-order valence-electron chi connectivity index (χ1n) is 9.62. The van der Waals surface area contributed by atoms with Crippen LogP contribution in [0.15, 0.2) is 59.9 Å². The van der Waals surface area contributed by atoms with E-state index in [0.29, 0.717) is 18.4 Å². The second kappa shape index (κ2) is 7.55. The van der Waals surface area contributed by atoms with Gasteiger partial charge in [-0.2, -0.15) is 13.2 Å². The maximum Gasteiger partial charge on any atom is 0.442 e. The van der Waals surface area contributed by atoms with Gasteiger partial charge in [-0.15, -0.1) is 0 Å². The van der Waals surface area contributed by atoms with Crippen molar-refractivity contribution in [3.05, 3.63) is 66.0 Å². The molecule has 1 aliphatic carbocycles. The van der Waals surface area contributed by atoms with Gasteiger partial charge in [0.1, 0.15) is 5.84 Å². The van der Waals surface area contributed by atoms with Gasteiger partial charge in [0.15, 0.2) is 0 Å². The molecule has 2 heterocycles. The zero-order valence-electron chi connectivity index (χ0n) is 15.9. The minimum atomic E-state index is -5.13. The molecule has 0 unspecified atom stereocenters. The number of alkyl halides is 3. The number of aliphatic imine (C=N–C) groups is 1. The van der Waals surface area contributed by atoms with Gasteiger partial charge in [0.2, 0.25) is 0 Å². The molecule has 2 aromatic rings. The van der Waals surface area contributed by atoms with Gasteiger partial charge in [-0.05, 0) is 25.0 Å². The number of hydrogen-bond acceptors (Lipinski definition) is 4. The average Bonchev–Trinajstić information content (AvgIpc) is 3.36. The van der Waals surface area contributed by atoms with Gasteiger partial charge in [0.05, 0.1) is 5.56 Å². The molecule has 1 saturated carbocycles. The fraction of sp³-hybridized carbons (Fsp3) is 0.333. The highest BCUT2D eigenvalue weighted by molar-refractivity contribution is 6.17. The lowest BCUT2D eigenvalue weighted by atomic mass is 10.1. The lowest BCUT2D eigenvalue weighted by Crippen LogP contribution is -2.64. The van der Waals surface area contributed by atoms with Crippen LogP contribution in [-0.4, -0.2) is 45.4 Å². The molecule has 1 aliphatic heterocycles. The minimum Gasteiger partial charge on any atom is -0.312 e. The van der Waals surface area contributed by atoms with E-state index >= 15 is 0 Å². The van der Waals surface area contributed by atoms with Crippen LogP contribution in [0, 0.1) is 0 Å². The minimum absolute atomic E-state index is 0.0729. The molecule has 0 saturated heterocycles. The zero-order chi connectivity index (χ0) is 21.4. The Kier molecular flexibility index (Phi) is 5.05. The summed E-state index contributed by atoms with van der Waals surface area (Å²) >= 11 is 0. The first-order valence-corrected chi connectivity index (χ1v) is 9.62. The van der Waals surface area contributed by atoms with E-state index in [-0.39, 0.29) is 11.4 Å². The quantitative estimate of drug-likeness (QED) is 0.831. The maximum atomic E-state index is 14.3. The van der Waals surface area contributed by atoms with Gasteiger partial charge < -0.3 is 5.32 Å². The van der Waals surface area contributed by atoms with E-state index in [4.69, 9.17) is 0 Å². The third kappa shape index (κ3) is 3.34. The highest BCUT2D eigenvalue weighted by Crippen LogP contribution is 2.41. The first-order chi connectivity index (χ1) is 14.3. The van der Waals surface area contributed by atoms with Crippen molar-refractivity contribution in [3.63, 3.8) is 0 Å². The lowest BCUT2D eigenvalue weighted by molar-refractivity contribution is -0.196. The molecule has 1 fully saturated rings. The van der Waals surface area contributed by atoms with E-state index in [1.54, 1.807) is 30.3 Å². The summed E-state index contributed by atoms with van der Waals surface area (Å²) < 4.78 is 42.9. The molecule has 0 bridgehead atoms. The number of halogens is 3. The van der Waals surface area contributed by atoms with Crippen LogP contribution in [0.4, 0.5) is 13.2 Å². The summed E-state index contributed by atoms with van der Waals surface area (Å²) in [5.74, 6) is -2.42. The van der Waals surface area contributed by atoms with E-state index in [1.807, 2.05) is 5.32 Å². The summed E-state index contributed by atoms with van der Waals surface area (Å²) in [6.45, 7) is 0. The Bertz CT molecular complexity index is 973. The van der Waals surface area contributed by atoms with Crippen LogP contribution in [-0.2, 0) is 4.79 Å². The van der Waals surface area contributed by atoms with Gasteiger partial charge in [-0.3, -0.25) is 19.5 Å². The second-order valence-electron chi connectivity index (χ2n) is 7.32. The SMILES string of the molecule is O=C(N[C@@]1(C(F)(F)F)N=C(c2ccccc2)N(C2CCCC2)C1=O)c1cccnc1. The smallest absolute Gasteiger partial charge is 0.312 e. The number of carbonyl (C=O) groups excluding carboxylic acids is 2. The molecule has 1 atom stereocenters. The molecule has 0 spiro atoms. The van der Waals surface area contributed by atoms with Crippen molar-refractivity contribution in [2.75, 3.05) is 0 Å². The fourth-order valence-electron chi connectivity index (χ4n) is 3.89. The van der Waals surface area contributed by atoms with Crippen LogP contribution in [0.2, 0.25) is 0 Å². The lowest BCUT2D eigenvalue weighted by Gasteiger charge is -2.31. The average molecular weight is 416 g/mol. The van der Waals surface area contributed by atoms with E-state index in [0.717, 1.165) is 23.9 Å². The van der Waals surface area contributed by atoms with Crippen molar-refractivity contribution >= 4 is 17.6 Å². The molecule has 1 aromatic carbocycles. The molecular formula is C21H19F3N4O2. The Labute approximate surface area is 170 Å². The largest absolute Gasteiger partial charge is 0.442 e. The van der Waals surface area contributed by atoms with Crippen LogP contribution in [0.1, 0.15) is 41.6 Å². The van der Waals surface area contributed by atoms with E-state index in [1.165, 1.54) is 18.3 Å². The van der Waals surface area contributed by atoms with Crippen molar-refractivity contribution in [3.8, 4) is 0 Å². The second-order valence-corrected chi connectivity index (χ2v) is 7.32. The summed E-state index contributed by atoms with van der Waals surface area (Å²) in [4.78, 5) is 34.6. The van der Waals surface area contributed by atoms with Crippen LogP contribution >= 0.6 is 0 Å². The molecule has 1 aromatic heterocycles. The summed E-state index contributed by atoms with van der Waals surface area (Å²) in [6.07, 6.45) is 0.203. The van der Waals surface area contributed by atoms with Crippen molar-refractivity contribution in [1.29, 1.82) is 0 Å². The highest BCUT2D eigenvalue weighted by Gasteiger charge is 2.68. The van der Waals surface area contributed by atoms with E-state index in [9.17, 15) is 22.8 Å². The van der Waals surface area contributed by atoms with Gasteiger partial charge in [0, 0.05) is 24.0 Å². The van der Waals surface area contributed by atoms with Gasteiger partial charge in [0.25, 0.3) is 11.8 Å². The molecular weight excluding hydrogens is 397 g/mol. The van der Waals surface area contributed by atoms with Crippen LogP contribution < -0.4 is 5.32 Å². The van der Waals surface area contributed by atoms with E-state index < -0.39 is 29.7 Å². The number of aromatic nitrogens is 1. The molecule has 1 N–H and O–H groups in total. The Morgan fingerprint density at radius 3 is 2.40 bits per heavy atom. The predicted octanol–water partition coefficient (Wildman–Crippen LogP) is 3.30. The number of rotatable bonds is 4. The molecule has 9 heteroatoms. The molecule has 4 rings (SSSR count). The molecule has 156 valence electrons. The molecule has 30 heavy (non-hydrogen) atoms. The number of hydrogen-bond donors (Lipinski definition) is 1. The fourth-order valence-corrected chi connectivity index (χ4v) is 3.89. The molecule has 6 nitrogen and oxygen atoms in total. The molecule has 2 amide bonds. The number of benzene rings is 1. The number of carbonyl (C=O) groups is 2. The topological polar surface area (TPSA) is 74.7 Å². The van der Waals surface area contributed by atoms with Gasteiger partial charge in [-0.25, -0.2) is 4.99 Å². The molecule has 0 radical (unpaired) electrons. The zero-order valence-corrected chi connectivity index (χ0v) is 15.9. The number of pyridine rings is 1. The summed E-state index contributed by atoms with van der Waals surface area (Å²) in [5, 5.41) is 1.87. The third-order valence-electron chi connectivity index (χ3n) is 5.38. The Hall–Kier alpha value is -3.23. The Morgan fingerprint density at radius 1 is 1.10 bits per heavy atom. The van der Waals surface area contributed by atoms with Crippen LogP contribution in [0.25, 0.3) is 0 Å².